The molecule has 0 spiro atoms. The lowest BCUT2D eigenvalue weighted by atomic mass is 9.81. The summed E-state index contributed by atoms with van der Waals surface area (Å²) >= 11 is 0. The average molecular weight is 905 g/mol. The molecule has 2 heterocycles. The molecule has 1 aliphatic carbocycles. The van der Waals surface area contributed by atoms with Gasteiger partial charge in [0.2, 0.25) is 23.5 Å². The van der Waals surface area contributed by atoms with Crippen molar-refractivity contribution in [2.45, 2.75) is 82.8 Å². The number of carbonyl (C=O) groups excluding carboxylic acids is 3. The fourth-order valence-corrected chi connectivity index (χ4v) is 6.72. The lowest BCUT2D eigenvalue weighted by molar-refractivity contribution is -0.231. The molecule has 1 aliphatic rings. The highest BCUT2D eigenvalue weighted by Crippen LogP contribution is 2.42. The van der Waals surface area contributed by atoms with Crippen molar-refractivity contribution < 1.29 is 51.3 Å². The number of hydrogen-bond acceptors (Lipinski definition) is 10. The predicted octanol–water partition coefficient (Wildman–Crippen LogP) is 7.09. The van der Waals surface area contributed by atoms with Crippen LogP contribution in [0.5, 0.6) is 5.88 Å². The number of aromatic amines is 1. The Balaban J connectivity index is 0.00000871. The zero-order chi connectivity index (χ0) is 45.2. The van der Waals surface area contributed by atoms with Crippen molar-refractivity contribution >= 4 is 42.0 Å². The number of carboxylic acid groups (broad SMARTS) is 1. The van der Waals surface area contributed by atoms with Crippen LogP contribution >= 0.6 is 12.4 Å². The first-order valence-electron chi connectivity index (χ1n) is 20.1. The van der Waals surface area contributed by atoms with Crippen LogP contribution in [0.4, 0.5) is 28.0 Å². The van der Waals surface area contributed by atoms with E-state index in [1.807, 2.05) is 44.4 Å². The number of H-pyrrole nitrogens is 1. The largest absolute Gasteiger partial charge is 0.478 e. The molecule has 63 heavy (non-hydrogen) atoms. The Bertz CT molecular complexity index is 2160. The first-order chi connectivity index (χ1) is 29.2. The van der Waals surface area contributed by atoms with Crippen LogP contribution in [-0.2, 0) is 31.5 Å². The molecule has 1 atom stereocenters. The molecule has 342 valence electrons. The van der Waals surface area contributed by atoms with E-state index in [1.165, 1.54) is 24.3 Å². The van der Waals surface area contributed by atoms with Crippen molar-refractivity contribution in [2.24, 2.45) is 11.8 Å². The molecule has 2 aromatic carbocycles. The van der Waals surface area contributed by atoms with Crippen LogP contribution in [0.3, 0.4) is 0 Å². The van der Waals surface area contributed by atoms with E-state index in [0.29, 0.717) is 44.7 Å². The number of halogens is 5. The Kier molecular flexibility index (Phi) is 17.0. The number of carbonyl (C=O) groups is 4. The van der Waals surface area contributed by atoms with Gasteiger partial charge in [0.05, 0.1) is 6.61 Å². The van der Waals surface area contributed by atoms with Gasteiger partial charge >= 0.3 is 23.9 Å². The summed E-state index contributed by atoms with van der Waals surface area (Å²) in [6, 6.07) is 15.6. The minimum absolute atomic E-state index is 0. The van der Waals surface area contributed by atoms with E-state index in [9.17, 15) is 36.7 Å². The number of ether oxygens (including phenoxy) is 2. The Morgan fingerprint density at radius 1 is 0.937 bits per heavy atom. The molecule has 0 saturated heterocycles. The second kappa shape index (κ2) is 21.5. The molecule has 4 aromatic rings. The van der Waals surface area contributed by atoms with Crippen molar-refractivity contribution in [1.29, 1.82) is 0 Å². The third-order valence-electron chi connectivity index (χ3n) is 10.1. The molecule has 0 aliphatic heterocycles. The summed E-state index contributed by atoms with van der Waals surface area (Å²) in [4.78, 5) is 60.6. The summed E-state index contributed by atoms with van der Waals surface area (Å²) < 4.78 is 67.2. The van der Waals surface area contributed by atoms with Gasteiger partial charge < -0.3 is 35.4 Å². The Morgan fingerprint density at radius 3 is 2.24 bits per heavy atom. The van der Waals surface area contributed by atoms with Gasteiger partial charge in [0.15, 0.2) is 5.82 Å². The first-order valence-corrected chi connectivity index (χ1v) is 20.1. The number of alkyl carbamates (subject to hydrolysis) is 1. The van der Waals surface area contributed by atoms with E-state index in [1.54, 1.807) is 38.1 Å². The molecule has 2 aromatic heterocycles. The molecular weight excluding hydrogens is 852 g/mol. The summed E-state index contributed by atoms with van der Waals surface area (Å²) in [5, 5.41) is 22.4. The fraction of sp³-hybridized carbons (Fsp3) is 0.465. The number of pyridine rings is 1. The number of alkyl halides is 4. The number of amides is 3. The van der Waals surface area contributed by atoms with E-state index >= 15 is 0 Å². The number of aliphatic carboxylic acids is 1. The van der Waals surface area contributed by atoms with Gasteiger partial charge in [-0.15, -0.1) is 12.4 Å². The van der Waals surface area contributed by atoms with Crippen LogP contribution in [0.15, 0.2) is 66.9 Å². The van der Waals surface area contributed by atoms with Gasteiger partial charge in [0.25, 0.3) is 0 Å². The lowest BCUT2D eigenvalue weighted by Gasteiger charge is -2.29. The van der Waals surface area contributed by atoms with Gasteiger partial charge in [0.1, 0.15) is 11.6 Å². The quantitative estimate of drug-likeness (QED) is 0.0504. The maximum absolute atomic E-state index is 14.3. The third-order valence-corrected chi connectivity index (χ3v) is 10.1. The average Bonchev–Trinajstić information content (AvgIpc) is 3.73. The second-order valence-electron chi connectivity index (χ2n) is 16.5. The van der Waals surface area contributed by atoms with Gasteiger partial charge in [-0.05, 0) is 114 Å². The molecule has 3 amide bonds. The molecule has 5 rings (SSSR count). The van der Waals surface area contributed by atoms with Gasteiger partial charge in [0, 0.05) is 54.5 Å². The molecule has 0 radical (unpaired) electrons. The smallest absolute Gasteiger partial charge is 0.411 e. The number of anilines is 1. The molecule has 0 bridgehead atoms. The highest BCUT2D eigenvalue weighted by Gasteiger charge is 2.65. The lowest BCUT2D eigenvalue weighted by Crippen LogP contribution is -2.48. The SMILES string of the molecule is CN(C)CCCOc1ccc(-c2cccc(C[C@H](NC(=O)C3CCC(CNC(=O)OC(C)(C)C)CC3)C(=O)Nc3ccc(-c4n[nH]c(C(F)(F)C(F)(F)C(=O)O)n4)cc3)c2)cn1.Cl. The number of rotatable bonds is 18. The summed E-state index contributed by atoms with van der Waals surface area (Å²) in [5.74, 6) is -16.3. The number of benzene rings is 2. The normalized spacial score (nSPS) is 16.0. The van der Waals surface area contributed by atoms with Gasteiger partial charge in [-0.3, -0.25) is 14.7 Å². The van der Waals surface area contributed by atoms with Crippen LogP contribution in [0.25, 0.3) is 22.5 Å². The van der Waals surface area contributed by atoms with Gasteiger partial charge in [-0.25, -0.2) is 19.6 Å². The minimum Gasteiger partial charge on any atom is -0.478 e. The molecule has 15 nitrogen and oxygen atoms in total. The van der Waals surface area contributed by atoms with E-state index in [-0.39, 0.29) is 47.8 Å². The van der Waals surface area contributed by atoms with E-state index in [2.05, 4.69) is 35.9 Å². The van der Waals surface area contributed by atoms with E-state index < -0.39 is 53.1 Å². The van der Waals surface area contributed by atoms with Gasteiger partial charge in [-0.1, -0.05) is 24.3 Å². The zero-order valence-corrected chi connectivity index (χ0v) is 36.4. The Hall–Kier alpha value is -5.82. The van der Waals surface area contributed by atoms with Gasteiger partial charge in [-0.2, -0.15) is 22.7 Å². The van der Waals surface area contributed by atoms with Crippen LogP contribution in [-0.4, -0.2) is 105 Å². The third kappa shape index (κ3) is 13.8. The topological polar surface area (TPSA) is 201 Å². The monoisotopic (exact) mass is 904 g/mol. The van der Waals surface area contributed by atoms with E-state index in [4.69, 9.17) is 14.6 Å². The molecule has 5 N–H and O–H groups in total. The van der Waals surface area contributed by atoms with E-state index in [0.717, 1.165) is 29.7 Å². The summed E-state index contributed by atoms with van der Waals surface area (Å²) in [5.41, 5.74) is 2.10. The fourth-order valence-electron chi connectivity index (χ4n) is 6.72. The number of nitrogens with one attached hydrogen (secondary N) is 4. The molecular formula is C43H53ClF4N8O7. The van der Waals surface area contributed by atoms with Crippen LogP contribution in [0.1, 0.15) is 64.3 Å². The summed E-state index contributed by atoms with van der Waals surface area (Å²) in [7, 11) is 3.98. The standard InChI is InChI=1S/C43H52F4N8O7.ClH/c1-41(2,3)62-40(60)49-24-26-10-12-29(13-11-26)36(56)51-33(23-27-8-6-9-30(22-27)31-16-19-34(48-25-31)61-21-7-20-55(4)5)37(57)50-32-17-14-28(15-18-32)35-52-38(54-53-35)42(44,45)43(46,47)39(58)59;/h6,8-9,14-19,22,25-26,29,33H,7,10-13,20-21,23-24H2,1-5H3,(H,49,60)(H,50,57)(H,51,56)(H,58,59)(H,52,53,54);1H/t26?,29?,33-;/m0./s1. The molecule has 1 fully saturated rings. The number of carboxylic acids is 1. The summed E-state index contributed by atoms with van der Waals surface area (Å²) in [6.45, 7) is 7.17. The highest BCUT2D eigenvalue weighted by molar-refractivity contribution is 5.98. The molecule has 0 unspecified atom stereocenters. The van der Waals surface area contributed by atoms with Crippen molar-refractivity contribution in [2.75, 3.05) is 39.1 Å². The number of nitrogens with zero attached hydrogens (tertiary/aromatic N) is 4. The highest BCUT2D eigenvalue weighted by atomic mass is 35.5. The van der Waals surface area contributed by atoms with Crippen molar-refractivity contribution in [1.82, 2.24) is 35.7 Å². The Morgan fingerprint density at radius 2 is 1.62 bits per heavy atom. The Labute approximate surface area is 368 Å². The minimum atomic E-state index is -5.45. The zero-order valence-electron chi connectivity index (χ0n) is 35.6. The maximum atomic E-state index is 14.3. The van der Waals surface area contributed by atoms with Crippen molar-refractivity contribution in [3.63, 3.8) is 0 Å². The van der Waals surface area contributed by atoms with Crippen LogP contribution in [0.2, 0.25) is 0 Å². The molecule has 1 saturated carbocycles. The second-order valence-corrected chi connectivity index (χ2v) is 16.5. The van der Waals surface area contributed by atoms with Crippen LogP contribution in [0, 0.1) is 11.8 Å². The predicted molar refractivity (Wildman–Crippen MR) is 228 cm³/mol. The van der Waals surface area contributed by atoms with Crippen molar-refractivity contribution in [3.8, 4) is 28.4 Å². The number of hydrogen-bond donors (Lipinski definition) is 5. The molecule has 20 heteroatoms. The summed E-state index contributed by atoms with van der Waals surface area (Å²) in [6.07, 6.45) is 4.60. The maximum Gasteiger partial charge on any atom is 0.411 e. The first kappa shape index (κ1) is 49.8. The number of aromatic nitrogens is 4. The van der Waals surface area contributed by atoms with Crippen molar-refractivity contribution in [3.05, 3.63) is 78.2 Å². The van der Waals surface area contributed by atoms with Crippen LogP contribution < -0.4 is 20.7 Å².